The zero-order valence-electron chi connectivity index (χ0n) is 22.3. The average molecular weight is 509 g/mol. The maximum atomic E-state index is 13.6. The quantitative estimate of drug-likeness (QED) is 0.399. The summed E-state index contributed by atoms with van der Waals surface area (Å²) in [5, 5.41) is 2.99. The Kier molecular flexibility index (Phi) is 7.92. The second kappa shape index (κ2) is 11.7. The highest BCUT2D eigenvalue weighted by Crippen LogP contribution is 2.34. The van der Waals surface area contributed by atoms with Gasteiger partial charge in [0.25, 0.3) is 11.8 Å². The Morgan fingerprint density at radius 2 is 1.71 bits per heavy atom. The fourth-order valence-electron chi connectivity index (χ4n) is 5.43. The number of hydrogen-bond acceptors (Lipinski definition) is 3. The smallest absolute Gasteiger partial charge is 0.289 e. The summed E-state index contributed by atoms with van der Waals surface area (Å²) >= 11 is 0. The summed E-state index contributed by atoms with van der Waals surface area (Å²) in [5.74, 6) is 0.222. The molecule has 2 fully saturated rings. The van der Waals surface area contributed by atoms with Crippen LogP contribution < -0.4 is 5.32 Å². The number of rotatable bonds is 7. The number of fused-ring (bicyclic) bond motifs is 1. The minimum atomic E-state index is -0.101. The molecule has 5 heteroatoms. The van der Waals surface area contributed by atoms with E-state index in [1.165, 1.54) is 16.7 Å². The number of nitrogens with one attached hydrogen (secondary N) is 1. The molecule has 2 aliphatic rings. The van der Waals surface area contributed by atoms with Crippen molar-refractivity contribution in [2.45, 2.75) is 64.6 Å². The van der Waals surface area contributed by atoms with Crippen molar-refractivity contribution >= 4 is 17.9 Å². The van der Waals surface area contributed by atoms with E-state index < -0.39 is 0 Å². The van der Waals surface area contributed by atoms with Gasteiger partial charge in [0, 0.05) is 18.7 Å². The molecule has 1 N–H and O–H groups in total. The summed E-state index contributed by atoms with van der Waals surface area (Å²) < 4.78 is 6.27. The number of amides is 2. The van der Waals surface area contributed by atoms with Gasteiger partial charge in [-0.25, -0.2) is 0 Å². The highest BCUT2D eigenvalue weighted by Gasteiger charge is 2.41. The largest absolute Gasteiger partial charge is 0.482 e. The number of nitrogens with zero attached hydrogens (tertiary/aromatic N) is 1. The van der Waals surface area contributed by atoms with E-state index in [0.29, 0.717) is 24.4 Å². The number of hydrogen-bond donors (Lipinski definition) is 1. The van der Waals surface area contributed by atoms with Crippen LogP contribution in [0, 0.1) is 13.8 Å². The van der Waals surface area contributed by atoms with E-state index in [1.54, 1.807) is 12.1 Å². The Hall–Kier alpha value is -3.86. The maximum Gasteiger partial charge on any atom is 0.289 e. The number of ether oxygens (including phenoxy) is 1. The molecule has 5 nitrogen and oxygen atoms in total. The number of morpholine rings is 1. The van der Waals surface area contributed by atoms with E-state index >= 15 is 0 Å². The molecule has 0 radical (unpaired) electrons. The number of aryl methyl sites for hydroxylation is 2. The fraction of sp³-hybridized carbons (Fsp3) is 0.333. The van der Waals surface area contributed by atoms with E-state index in [-0.39, 0.29) is 24.0 Å². The molecule has 5 rings (SSSR count). The molecule has 1 aliphatic carbocycles. The molecule has 1 heterocycles. The van der Waals surface area contributed by atoms with Crippen LogP contribution in [0.25, 0.3) is 6.08 Å². The molecular formula is C33H36N2O3. The van der Waals surface area contributed by atoms with E-state index in [1.807, 2.05) is 29.2 Å². The molecule has 1 saturated heterocycles. The summed E-state index contributed by atoms with van der Waals surface area (Å²) in [6, 6.07) is 24.2. The molecule has 2 amide bonds. The van der Waals surface area contributed by atoms with Crippen LogP contribution in [0.15, 0.2) is 78.6 Å². The van der Waals surface area contributed by atoms with E-state index in [4.69, 9.17) is 4.74 Å². The van der Waals surface area contributed by atoms with Crippen LogP contribution in [0.2, 0.25) is 0 Å². The Labute approximate surface area is 225 Å². The predicted molar refractivity (Wildman–Crippen MR) is 150 cm³/mol. The lowest BCUT2D eigenvalue weighted by atomic mass is 9.89. The Morgan fingerprint density at radius 1 is 0.947 bits per heavy atom. The first-order chi connectivity index (χ1) is 18.5. The molecule has 3 aromatic rings. The monoisotopic (exact) mass is 508 g/mol. The minimum Gasteiger partial charge on any atom is -0.482 e. The van der Waals surface area contributed by atoms with Crippen LogP contribution in [-0.2, 0) is 22.5 Å². The van der Waals surface area contributed by atoms with E-state index in [9.17, 15) is 9.59 Å². The zero-order valence-corrected chi connectivity index (χ0v) is 22.3. The lowest BCUT2D eigenvalue weighted by molar-refractivity contribution is -0.149. The number of carbonyl (C=O) groups excluding carboxylic acids is 2. The summed E-state index contributed by atoms with van der Waals surface area (Å²) in [4.78, 5) is 28.2. The van der Waals surface area contributed by atoms with Crippen molar-refractivity contribution in [3.05, 3.63) is 112 Å². The highest BCUT2D eigenvalue weighted by atomic mass is 16.5. The second-order valence-electron chi connectivity index (χ2n) is 10.6. The standard InChI is InChI=1S/C33H36N2O3/c1-23-10-12-25(13-11-23)18-19-34-32(36)28-16-14-26(15-17-28)21-31-33(37)35(22-27-7-5-6-24(2)20-27)29-8-3-4-9-30(29)38-31/h5-7,10-17,20-21,29-30H,3-4,8-9,18-19,22H2,1-2H3,(H,34,36)/b31-21+. The lowest BCUT2D eigenvalue weighted by Crippen LogP contribution is -2.54. The molecule has 0 spiro atoms. The van der Waals surface area contributed by atoms with Crippen molar-refractivity contribution < 1.29 is 14.3 Å². The third-order valence-corrected chi connectivity index (χ3v) is 7.54. The van der Waals surface area contributed by atoms with Gasteiger partial charge in [-0.15, -0.1) is 0 Å². The van der Waals surface area contributed by atoms with Gasteiger partial charge in [0.1, 0.15) is 6.10 Å². The topological polar surface area (TPSA) is 58.6 Å². The summed E-state index contributed by atoms with van der Waals surface area (Å²) in [6.45, 7) is 5.31. The normalized spacial score (nSPS) is 20.1. The number of benzene rings is 3. The predicted octanol–water partition coefficient (Wildman–Crippen LogP) is 5.99. The van der Waals surface area contributed by atoms with Gasteiger partial charge < -0.3 is 15.0 Å². The molecule has 2 atom stereocenters. The van der Waals surface area contributed by atoms with Crippen LogP contribution >= 0.6 is 0 Å². The third-order valence-electron chi connectivity index (χ3n) is 7.54. The first-order valence-electron chi connectivity index (χ1n) is 13.6. The molecule has 2 unspecified atom stereocenters. The first-order valence-corrected chi connectivity index (χ1v) is 13.6. The van der Waals surface area contributed by atoms with Gasteiger partial charge in [0.2, 0.25) is 0 Å². The van der Waals surface area contributed by atoms with Crippen LogP contribution in [0.4, 0.5) is 0 Å². The molecular weight excluding hydrogens is 472 g/mol. The van der Waals surface area contributed by atoms with E-state index in [0.717, 1.165) is 43.2 Å². The molecule has 1 saturated carbocycles. The maximum absolute atomic E-state index is 13.6. The average Bonchev–Trinajstić information content (AvgIpc) is 2.92. The van der Waals surface area contributed by atoms with Crippen LogP contribution in [0.1, 0.15) is 63.9 Å². The summed E-state index contributed by atoms with van der Waals surface area (Å²) in [5.41, 5.74) is 6.20. The van der Waals surface area contributed by atoms with Gasteiger partial charge >= 0.3 is 0 Å². The van der Waals surface area contributed by atoms with Crippen LogP contribution in [-0.4, -0.2) is 35.4 Å². The molecule has 196 valence electrons. The third kappa shape index (κ3) is 6.16. The minimum absolute atomic E-state index is 0.0242. The van der Waals surface area contributed by atoms with Crippen LogP contribution in [0.5, 0.6) is 0 Å². The Balaban J connectivity index is 1.26. The van der Waals surface area contributed by atoms with Gasteiger partial charge in [-0.2, -0.15) is 0 Å². The summed E-state index contributed by atoms with van der Waals surface area (Å²) in [6.07, 6.45) is 6.80. The molecule has 0 bridgehead atoms. The zero-order chi connectivity index (χ0) is 26.5. The SMILES string of the molecule is Cc1ccc(CCNC(=O)c2ccc(/C=C3/OC4CCCCC4N(Cc4cccc(C)c4)C3=O)cc2)cc1. The van der Waals surface area contributed by atoms with Gasteiger partial charge in [0.05, 0.1) is 6.04 Å². The van der Waals surface area contributed by atoms with Gasteiger partial charge in [-0.1, -0.05) is 78.2 Å². The molecule has 0 aromatic heterocycles. The van der Waals surface area contributed by atoms with Crippen molar-refractivity contribution in [1.29, 1.82) is 0 Å². The van der Waals surface area contributed by atoms with Crippen LogP contribution in [0.3, 0.4) is 0 Å². The van der Waals surface area contributed by atoms with E-state index in [2.05, 4.69) is 61.6 Å². The lowest BCUT2D eigenvalue weighted by Gasteiger charge is -2.44. The Morgan fingerprint density at radius 3 is 2.47 bits per heavy atom. The second-order valence-corrected chi connectivity index (χ2v) is 10.6. The van der Waals surface area contributed by atoms with Gasteiger partial charge in [-0.05, 0) is 74.4 Å². The first kappa shape index (κ1) is 25.8. The van der Waals surface area contributed by atoms with Gasteiger partial charge in [-0.3, -0.25) is 9.59 Å². The van der Waals surface area contributed by atoms with Gasteiger partial charge in [0.15, 0.2) is 5.76 Å². The molecule has 3 aromatic carbocycles. The van der Waals surface area contributed by atoms with Crippen molar-refractivity contribution in [2.24, 2.45) is 0 Å². The number of carbonyl (C=O) groups is 2. The molecule has 1 aliphatic heterocycles. The fourth-order valence-corrected chi connectivity index (χ4v) is 5.43. The molecule has 38 heavy (non-hydrogen) atoms. The highest BCUT2D eigenvalue weighted by molar-refractivity contribution is 5.97. The van der Waals surface area contributed by atoms with Crippen molar-refractivity contribution in [3.8, 4) is 0 Å². The summed E-state index contributed by atoms with van der Waals surface area (Å²) in [7, 11) is 0. The van der Waals surface area contributed by atoms with Crippen molar-refractivity contribution in [3.63, 3.8) is 0 Å². The van der Waals surface area contributed by atoms with Crippen molar-refractivity contribution in [2.75, 3.05) is 6.54 Å². The van der Waals surface area contributed by atoms with Crippen molar-refractivity contribution in [1.82, 2.24) is 10.2 Å². The Bertz CT molecular complexity index is 1310.